The van der Waals surface area contributed by atoms with Crippen molar-refractivity contribution in [1.82, 2.24) is 15.2 Å². The highest BCUT2D eigenvalue weighted by Crippen LogP contribution is 2.43. The first-order valence-electron chi connectivity index (χ1n) is 11.6. The number of anilines is 1. The van der Waals surface area contributed by atoms with Crippen LogP contribution in [0.4, 0.5) is 5.69 Å². The Bertz CT molecular complexity index is 1100. The lowest BCUT2D eigenvalue weighted by molar-refractivity contribution is -0.118. The maximum atomic E-state index is 12.9. The second kappa shape index (κ2) is 10.8. The van der Waals surface area contributed by atoms with Crippen LogP contribution in [0.1, 0.15) is 63.8 Å². The lowest BCUT2D eigenvalue weighted by Crippen LogP contribution is -2.36. The molecular formula is C26H30N4O2S. The highest BCUT2D eigenvalue weighted by atomic mass is 32.2. The van der Waals surface area contributed by atoms with Gasteiger partial charge in [0.15, 0.2) is 5.69 Å². The highest BCUT2D eigenvalue weighted by Gasteiger charge is 2.34. The van der Waals surface area contributed by atoms with Crippen molar-refractivity contribution in [2.45, 2.75) is 64.3 Å². The van der Waals surface area contributed by atoms with Gasteiger partial charge in [0.05, 0.1) is 5.69 Å². The Kier molecular flexibility index (Phi) is 7.60. The third-order valence-corrected chi connectivity index (χ3v) is 6.68. The molecular weight excluding hydrogens is 432 g/mol. The number of aromatic nitrogens is 3. The molecule has 7 heteroatoms. The summed E-state index contributed by atoms with van der Waals surface area (Å²) in [7, 11) is 0. The van der Waals surface area contributed by atoms with Crippen LogP contribution in [0.2, 0.25) is 0 Å². The lowest BCUT2D eigenvalue weighted by Gasteiger charge is -2.30. The normalized spacial score (nSPS) is 14.8. The minimum absolute atomic E-state index is 0.113. The SMILES string of the molecule is CCCCCCSc1nnc2c(n1)O[C@@H](c1ccc(CC)cc1)N(C(C)=O)c1ccccc1-2. The quantitative estimate of drug-likeness (QED) is 0.292. The van der Waals surface area contributed by atoms with Gasteiger partial charge in [0.1, 0.15) is 0 Å². The molecule has 1 aliphatic rings. The van der Waals surface area contributed by atoms with Crippen molar-refractivity contribution in [1.29, 1.82) is 0 Å². The minimum Gasteiger partial charge on any atom is -0.447 e. The van der Waals surface area contributed by atoms with Gasteiger partial charge in [0.2, 0.25) is 23.2 Å². The van der Waals surface area contributed by atoms with E-state index in [9.17, 15) is 4.79 Å². The molecule has 0 N–H and O–H groups in total. The highest BCUT2D eigenvalue weighted by molar-refractivity contribution is 7.99. The van der Waals surface area contributed by atoms with Crippen LogP contribution in [0.25, 0.3) is 11.3 Å². The van der Waals surface area contributed by atoms with E-state index in [4.69, 9.17) is 9.72 Å². The zero-order valence-electron chi connectivity index (χ0n) is 19.5. The summed E-state index contributed by atoms with van der Waals surface area (Å²) in [6.45, 7) is 5.88. The Hall–Kier alpha value is -2.93. The van der Waals surface area contributed by atoms with Gasteiger partial charge in [0, 0.05) is 23.8 Å². The van der Waals surface area contributed by atoms with Crippen molar-refractivity contribution < 1.29 is 9.53 Å². The van der Waals surface area contributed by atoms with Crippen LogP contribution in [-0.4, -0.2) is 26.8 Å². The Labute approximate surface area is 199 Å². The number of ether oxygens (including phenoxy) is 1. The molecule has 33 heavy (non-hydrogen) atoms. The molecule has 0 aliphatic carbocycles. The predicted molar refractivity (Wildman–Crippen MR) is 132 cm³/mol. The molecule has 0 fully saturated rings. The van der Waals surface area contributed by atoms with Crippen molar-refractivity contribution in [2.75, 3.05) is 10.7 Å². The molecule has 1 amide bonds. The summed E-state index contributed by atoms with van der Waals surface area (Å²) in [6, 6.07) is 15.9. The van der Waals surface area contributed by atoms with E-state index in [2.05, 4.69) is 36.2 Å². The number of carbonyl (C=O) groups excluding carboxylic acids is 1. The zero-order chi connectivity index (χ0) is 23.2. The van der Waals surface area contributed by atoms with Gasteiger partial charge in [-0.3, -0.25) is 9.69 Å². The average Bonchev–Trinajstić information content (AvgIpc) is 2.98. The Morgan fingerprint density at radius 2 is 1.82 bits per heavy atom. The van der Waals surface area contributed by atoms with Gasteiger partial charge in [-0.2, -0.15) is 4.98 Å². The van der Waals surface area contributed by atoms with Crippen LogP contribution in [0.15, 0.2) is 53.7 Å². The topological polar surface area (TPSA) is 68.2 Å². The first-order chi connectivity index (χ1) is 16.1. The summed E-state index contributed by atoms with van der Waals surface area (Å²) in [5.41, 5.74) is 4.20. The number of nitrogens with zero attached hydrogens (tertiary/aromatic N) is 4. The van der Waals surface area contributed by atoms with Gasteiger partial charge in [-0.1, -0.05) is 87.3 Å². The fourth-order valence-corrected chi connectivity index (χ4v) is 4.72. The number of hydrogen-bond donors (Lipinski definition) is 0. The molecule has 172 valence electrons. The molecule has 2 aromatic carbocycles. The summed E-state index contributed by atoms with van der Waals surface area (Å²) in [5.74, 6) is 1.23. The number of hydrogen-bond acceptors (Lipinski definition) is 6. The van der Waals surface area contributed by atoms with Crippen molar-refractivity contribution in [3.63, 3.8) is 0 Å². The molecule has 2 heterocycles. The van der Waals surface area contributed by atoms with E-state index in [1.807, 2.05) is 36.4 Å². The van der Waals surface area contributed by atoms with E-state index >= 15 is 0 Å². The van der Waals surface area contributed by atoms with Crippen molar-refractivity contribution >= 4 is 23.4 Å². The average molecular weight is 463 g/mol. The largest absolute Gasteiger partial charge is 0.447 e. The third kappa shape index (κ3) is 5.19. The number of aryl methyl sites for hydroxylation is 1. The third-order valence-electron chi connectivity index (χ3n) is 5.75. The van der Waals surface area contributed by atoms with E-state index in [1.54, 1.807) is 23.6 Å². The summed E-state index contributed by atoms with van der Waals surface area (Å²) >= 11 is 1.60. The molecule has 0 spiro atoms. The van der Waals surface area contributed by atoms with Gasteiger partial charge in [0.25, 0.3) is 0 Å². The summed E-state index contributed by atoms with van der Waals surface area (Å²) < 4.78 is 6.44. The maximum absolute atomic E-state index is 12.9. The predicted octanol–water partition coefficient (Wildman–Crippen LogP) is 6.22. The maximum Gasteiger partial charge on any atom is 0.247 e. The van der Waals surface area contributed by atoms with E-state index in [-0.39, 0.29) is 5.91 Å². The standard InChI is InChI=1S/C26H30N4O2S/c1-4-6-7-10-17-33-26-27-24-23(28-29-26)21-11-8-9-12-22(21)30(18(3)31)25(32-24)20-15-13-19(5-2)14-16-20/h8-9,11-16,25H,4-7,10,17H2,1-3H3/t25-/m0/s1. The van der Waals surface area contributed by atoms with Crippen molar-refractivity contribution in [3.05, 3.63) is 59.7 Å². The van der Waals surface area contributed by atoms with Gasteiger partial charge in [-0.15, -0.1) is 10.2 Å². The molecule has 0 radical (unpaired) electrons. The lowest BCUT2D eigenvalue weighted by atomic mass is 10.1. The smallest absolute Gasteiger partial charge is 0.247 e. The second-order valence-corrected chi connectivity index (χ2v) is 9.19. The van der Waals surface area contributed by atoms with E-state index in [0.29, 0.717) is 16.7 Å². The zero-order valence-corrected chi connectivity index (χ0v) is 20.3. The molecule has 1 aromatic heterocycles. The minimum atomic E-state index is -0.644. The number of para-hydroxylation sites is 1. The number of rotatable bonds is 8. The molecule has 1 atom stereocenters. The summed E-state index contributed by atoms with van der Waals surface area (Å²) in [4.78, 5) is 19.3. The molecule has 0 bridgehead atoms. The van der Waals surface area contributed by atoms with Crippen LogP contribution >= 0.6 is 11.8 Å². The van der Waals surface area contributed by atoms with Crippen LogP contribution in [0, 0.1) is 0 Å². The summed E-state index contributed by atoms with van der Waals surface area (Å²) in [5, 5.41) is 9.44. The van der Waals surface area contributed by atoms with Gasteiger partial charge in [-0.25, -0.2) is 0 Å². The van der Waals surface area contributed by atoms with Crippen LogP contribution in [0.5, 0.6) is 5.88 Å². The number of amides is 1. The Morgan fingerprint density at radius 1 is 1.03 bits per heavy atom. The Balaban J connectivity index is 1.73. The van der Waals surface area contributed by atoms with Crippen LogP contribution in [0.3, 0.4) is 0 Å². The monoisotopic (exact) mass is 462 g/mol. The van der Waals surface area contributed by atoms with Gasteiger partial charge < -0.3 is 4.74 Å². The fourth-order valence-electron chi connectivity index (χ4n) is 3.94. The van der Waals surface area contributed by atoms with Crippen molar-refractivity contribution in [3.8, 4) is 17.1 Å². The molecule has 6 nitrogen and oxygen atoms in total. The molecule has 0 saturated carbocycles. The molecule has 0 unspecified atom stereocenters. The number of thioether (sulfide) groups is 1. The number of benzene rings is 2. The van der Waals surface area contributed by atoms with Gasteiger partial charge in [-0.05, 0) is 24.5 Å². The van der Waals surface area contributed by atoms with E-state index in [0.717, 1.165) is 35.4 Å². The molecule has 1 aliphatic heterocycles. The summed E-state index contributed by atoms with van der Waals surface area (Å²) in [6.07, 6.45) is 5.08. The number of fused-ring (bicyclic) bond motifs is 3. The molecule has 3 aromatic rings. The van der Waals surface area contributed by atoms with Crippen LogP contribution in [-0.2, 0) is 11.2 Å². The number of unbranched alkanes of at least 4 members (excludes halogenated alkanes) is 3. The van der Waals surface area contributed by atoms with Crippen LogP contribution < -0.4 is 9.64 Å². The number of carbonyl (C=O) groups is 1. The van der Waals surface area contributed by atoms with Crippen molar-refractivity contribution in [2.24, 2.45) is 0 Å². The molecule has 0 saturated heterocycles. The Morgan fingerprint density at radius 3 is 2.55 bits per heavy atom. The first kappa shape index (κ1) is 23.2. The van der Waals surface area contributed by atoms with E-state index < -0.39 is 6.23 Å². The van der Waals surface area contributed by atoms with E-state index in [1.165, 1.54) is 24.8 Å². The van der Waals surface area contributed by atoms with Gasteiger partial charge >= 0.3 is 0 Å². The second-order valence-electron chi connectivity index (χ2n) is 8.13. The first-order valence-corrected chi connectivity index (χ1v) is 12.6. The molecule has 4 rings (SSSR count). The fraction of sp³-hybridized carbons (Fsp3) is 0.385.